The summed E-state index contributed by atoms with van der Waals surface area (Å²) in [7, 11) is -1.53. The molecule has 1 unspecified atom stereocenters. The molecular formula is C9H17N3O2S2. The Morgan fingerprint density at radius 1 is 1.56 bits per heavy atom. The molecule has 0 aliphatic rings. The van der Waals surface area contributed by atoms with Crippen LogP contribution in [0.5, 0.6) is 0 Å². The SMILES string of the molecule is CNCC(C)S(=O)(=O)NCc1csc(C)n1. The average Bonchev–Trinajstić information content (AvgIpc) is 2.62. The lowest BCUT2D eigenvalue weighted by molar-refractivity contribution is 0.562. The largest absolute Gasteiger partial charge is 0.318 e. The molecule has 7 heteroatoms. The van der Waals surface area contributed by atoms with Crippen molar-refractivity contribution in [2.24, 2.45) is 0 Å². The first-order chi connectivity index (χ1) is 7.45. The zero-order chi connectivity index (χ0) is 12.2. The lowest BCUT2D eigenvalue weighted by Crippen LogP contribution is -2.37. The van der Waals surface area contributed by atoms with Gasteiger partial charge in [0.05, 0.1) is 22.5 Å². The van der Waals surface area contributed by atoms with Gasteiger partial charge in [0, 0.05) is 11.9 Å². The maximum atomic E-state index is 11.7. The molecule has 5 nitrogen and oxygen atoms in total. The second-order valence-electron chi connectivity index (χ2n) is 3.59. The van der Waals surface area contributed by atoms with Crippen LogP contribution in [0.25, 0.3) is 0 Å². The lowest BCUT2D eigenvalue weighted by atomic mass is 10.5. The van der Waals surface area contributed by atoms with Crippen LogP contribution in [0.15, 0.2) is 5.38 Å². The third kappa shape index (κ3) is 3.82. The van der Waals surface area contributed by atoms with E-state index >= 15 is 0 Å². The number of sulfonamides is 1. The Hall–Kier alpha value is -0.500. The van der Waals surface area contributed by atoms with Crippen LogP contribution in [0, 0.1) is 6.92 Å². The van der Waals surface area contributed by atoms with E-state index in [1.807, 2.05) is 12.3 Å². The van der Waals surface area contributed by atoms with E-state index in [-0.39, 0.29) is 6.54 Å². The van der Waals surface area contributed by atoms with Gasteiger partial charge in [0.15, 0.2) is 0 Å². The average molecular weight is 263 g/mol. The normalized spacial score (nSPS) is 13.9. The van der Waals surface area contributed by atoms with Crippen LogP contribution < -0.4 is 10.0 Å². The van der Waals surface area contributed by atoms with Gasteiger partial charge in [0.2, 0.25) is 10.0 Å². The minimum atomic E-state index is -3.26. The quantitative estimate of drug-likeness (QED) is 0.783. The lowest BCUT2D eigenvalue weighted by Gasteiger charge is -2.12. The molecule has 0 fully saturated rings. The van der Waals surface area contributed by atoms with Gasteiger partial charge >= 0.3 is 0 Å². The van der Waals surface area contributed by atoms with Gasteiger partial charge in [-0.3, -0.25) is 0 Å². The molecule has 1 atom stereocenters. The fraction of sp³-hybridized carbons (Fsp3) is 0.667. The van der Waals surface area contributed by atoms with Crippen LogP contribution in [0.1, 0.15) is 17.6 Å². The molecule has 0 aromatic carbocycles. The summed E-state index contributed by atoms with van der Waals surface area (Å²) in [4.78, 5) is 4.20. The van der Waals surface area contributed by atoms with E-state index in [2.05, 4.69) is 15.0 Å². The van der Waals surface area contributed by atoms with Crippen LogP contribution in [-0.4, -0.2) is 32.2 Å². The number of thiazole rings is 1. The second-order valence-corrected chi connectivity index (χ2v) is 6.84. The highest BCUT2D eigenvalue weighted by molar-refractivity contribution is 7.90. The van der Waals surface area contributed by atoms with Gasteiger partial charge in [-0.05, 0) is 20.9 Å². The van der Waals surface area contributed by atoms with Crippen molar-refractivity contribution in [1.82, 2.24) is 15.0 Å². The number of aryl methyl sites for hydroxylation is 1. The van der Waals surface area contributed by atoms with Gasteiger partial charge in [-0.25, -0.2) is 18.1 Å². The summed E-state index contributed by atoms with van der Waals surface area (Å²) in [5.74, 6) is 0. The van der Waals surface area contributed by atoms with E-state index in [0.717, 1.165) is 10.7 Å². The topological polar surface area (TPSA) is 71.1 Å². The van der Waals surface area contributed by atoms with E-state index in [4.69, 9.17) is 0 Å². The zero-order valence-corrected chi connectivity index (χ0v) is 11.3. The van der Waals surface area contributed by atoms with E-state index < -0.39 is 15.3 Å². The molecule has 0 radical (unpaired) electrons. The third-order valence-electron chi connectivity index (χ3n) is 2.14. The van der Waals surface area contributed by atoms with Crippen molar-refractivity contribution in [2.75, 3.05) is 13.6 Å². The second kappa shape index (κ2) is 5.72. The van der Waals surface area contributed by atoms with E-state index in [9.17, 15) is 8.42 Å². The van der Waals surface area contributed by atoms with Gasteiger partial charge in [-0.15, -0.1) is 11.3 Å². The van der Waals surface area contributed by atoms with Crippen LogP contribution in [0.2, 0.25) is 0 Å². The molecule has 1 rings (SSSR count). The Kier molecular flexibility index (Phi) is 4.85. The molecule has 0 amide bonds. The van der Waals surface area contributed by atoms with E-state index in [1.54, 1.807) is 14.0 Å². The molecule has 2 N–H and O–H groups in total. The Balaban J connectivity index is 2.54. The molecule has 0 aliphatic heterocycles. The third-order valence-corrected chi connectivity index (χ3v) is 4.74. The first-order valence-corrected chi connectivity index (χ1v) is 7.42. The number of hydrogen-bond acceptors (Lipinski definition) is 5. The van der Waals surface area contributed by atoms with Gasteiger partial charge in [0.25, 0.3) is 0 Å². The van der Waals surface area contributed by atoms with E-state index in [0.29, 0.717) is 6.54 Å². The summed E-state index contributed by atoms with van der Waals surface area (Å²) >= 11 is 1.52. The highest BCUT2D eigenvalue weighted by atomic mass is 32.2. The molecular weight excluding hydrogens is 246 g/mol. The van der Waals surface area contributed by atoms with Gasteiger partial charge < -0.3 is 5.32 Å². The molecule has 16 heavy (non-hydrogen) atoms. The highest BCUT2D eigenvalue weighted by Crippen LogP contribution is 2.08. The molecule has 1 aromatic rings. The van der Waals surface area contributed by atoms with Crippen LogP contribution in [0.3, 0.4) is 0 Å². The summed E-state index contributed by atoms with van der Waals surface area (Å²) in [6.07, 6.45) is 0. The molecule has 1 heterocycles. The fourth-order valence-corrected chi connectivity index (χ4v) is 2.84. The van der Waals surface area contributed by atoms with Gasteiger partial charge in [0.1, 0.15) is 0 Å². The minimum absolute atomic E-state index is 0.265. The standard InChI is InChI=1S/C9H17N3O2S2/c1-7(4-10-3)16(13,14)11-5-9-6-15-8(2)12-9/h6-7,10-11H,4-5H2,1-3H3. The van der Waals surface area contributed by atoms with Crippen molar-refractivity contribution in [3.8, 4) is 0 Å². The number of aromatic nitrogens is 1. The number of hydrogen-bond donors (Lipinski definition) is 2. The van der Waals surface area contributed by atoms with Crippen molar-refractivity contribution in [3.05, 3.63) is 16.1 Å². The fourth-order valence-electron chi connectivity index (χ4n) is 1.20. The number of nitrogens with one attached hydrogen (secondary N) is 2. The first-order valence-electron chi connectivity index (χ1n) is 5.00. The zero-order valence-electron chi connectivity index (χ0n) is 9.65. The summed E-state index contributed by atoms with van der Waals surface area (Å²) in [6.45, 7) is 4.27. The van der Waals surface area contributed by atoms with Crippen LogP contribution >= 0.6 is 11.3 Å². The minimum Gasteiger partial charge on any atom is -0.318 e. The smallest absolute Gasteiger partial charge is 0.215 e. The summed E-state index contributed by atoms with van der Waals surface area (Å²) < 4.78 is 26.0. The van der Waals surface area contributed by atoms with Gasteiger partial charge in [-0.1, -0.05) is 0 Å². The predicted molar refractivity (Wildman–Crippen MR) is 66.0 cm³/mol. The van der Waals surface area contributed by atoms with Crippen LogP contribution in [0.4, 0.5) is 0 Å². The maximum Gasteiger partial charge on any atom is 0.215 e. The molecule has 0 saturated carbocycles. The van der Waals surface area contributed by atoms with Crippen molar-refractivity contribution < 1.29 is 8.42 Å². The molecule has 1 aromatic heterocycles. The van der Waals surface area contributed by atoms with Crippen molar-refractivity contribution in [1.29, 1.82) is 0 Å². The maximum absolute atomic E-state index is 11.7. The Morgan fingerprint density at radius 3 is 2.75 bits per heavy atom. The van der Waals surface area contributed by atoms with E-state index in [1.165, 1.54) is 11.3 Å². The van der Waals surface area contributed by atoms with Crippen molar-refractivity contribution >= 4 is 21.4 Å². The molecule has 0 bridgehead atoms. The number of rotatable bonds is 6. The van der Waals surface area contributed by atoms with Crippen LogP contribution in [-0.2, 0) is 16.6 Å². The first kappa shape index (κ1) is 13.6. The van der Waals surface area contributed by atoms with Crippen molar-refractivity contribution in [3.63, 3.8) is 0 Å². The molecule has 0 saturated heterocycles. The summed E-state index contributed by atoms with van der Waals surface area (Å²) in [6, 6.07) is 0. The Morgan fingerprint density at radius 2 is 2.25 bits per heavy atom. The molecule has 0 aliphatic carbocycles. The monoisotopic (exact) mass is 263 g/mol. The Bertz CT molecular complexity index is 428. The van der Waals surface area contributed by atoms with Gasteiger partial charge in [-0.2, -0.15) is 0 Å². The Labute approximate surface area is 100 Å². The summed E-state index contributed by atoms with van der Waals surface area (Å²) in [5, 5.41) is 5.20. The predicted octanol–water partition coefficient (Wildman–Crippen LogP) is 0.479. The molecule has 92 valence electrons. The molecule has 0 spiro atoms. The summed E-state index contributed by atoms with van der Waals surface area (Å²) in [5.41, 5.74) is 0.766. The van der Waals surface area contributed by atoms with Crippen molar-refractivity contribution in [2.45, 2.75) is 25.6 Å². The number of nitrogens with zero attached hydrogens (tertiary/aromatic N) is 1. The highest BCUT2D eigenvalue weighted by Gasteiger charge is 2.19.